The molecule has 0 unspecified atom stereocenters. The highest BCUT2D eigenvalue weighted by molar-refractivity contribution is 5.75. The number of ether oxygens (including phenoxy) is 1. The van der Waals surface area contributed by atoms with Gasteiger partial charge in [0, 0.05) is 31.8 Å². The highest BCUT2D eigenvalue weighted by atomic mass is 19.1. The van der Waals surface area contributed by atoms with Crippen LogP contribution in [0, 0.1) is 11.7 Å². The molecule has 6 nitrogen and oxygen atoms in total. The molecule has 2 N–H and O–H groups in total. The summed E-state index contributed by atoms with van der Waals surface area (Å²) in [5.41, 5.74) is 0.882. The number of carboxylic acid groups (broad SMARTS) is 1. The van der Waals surface area contributed by atoms with E-state index in [1.54, 1.807) is 12.1 Å². The summed E-state index contributed by atoms with van der Waals surface area (Å²) < 4.78 is 18.6. The van der Waals surface area contributed by atoms with E-state index in [2.05, 4.69) is 5.32 Å². The van der Waals surface area contributed by atoms with Crippen LogP contribution in [0.1, 0.15) is 44.1 Å². The number of hydrogen-bond acceptors (Lipinski definition) is 3. The Bertz CT molecular complexity index is 638. The van der Waals surface area contributed by atoms with Crippen molar-refractivity contribution < 1.29 is 23.8 Å². The minimum absolute atomic E-state index is 0.00339. The Labute approximate surface area is 158 Å². The topological polar surface area (TPSA) is 78.9 Å². The molecule has 1 aliphatic carbocycles. The van der Waals surface area contributed by atoms with Crippen LogP contribution in [-0.4, -0.2) is 47.3 Å². The minimum atomic E-state index is -0.750. The molecule has 0 radical (unpaired) electrons. The van der Waals surface area contributed by atoms with Gasteiger partial charge in [-0.1, -0.05) is 12.1 Å². The summed E-state index contributed by atoms with van der Waals surface area (Å²) in [6, 6.07) is 6.17. The SMILES string of the molecule is O=C(O)C1CCC(NC(=O)N(Cc2ccc(F)cc2)C2CCOCC2)CC1. The number of benzene rings is 1. The van der Waals surface area contributed by atoms with E-state index < -0.39 is 5.97 Å². The number of halogens is 1. The van der Waals surface area contributed by atoms with Gasteiger partial charge >= 0.3 is 12.0 Å². The molecule has 148 valence electrons. The molecule has 1 saturated carbocycles. The lowest BCUT2D eigenvalue weighted by molar-refractivity contribution is -0.142. The van der Waals surface area contributed by atoms with E-state index >= 15 is 0 Å². The van der Waals surface area contributed by atoms with E-state index in [0.29, 0.717) is 45.4 Å². The number of nitrogens with zero attached hydrogens (tertiary/aromatic N) is 1. The van der Waals surface area contributed by atoms with Crippen LogP contribution in [0.4, 0.5) is 9.18 Å². The summed E-state index contributed by atoms with van der Waals surface area (Å²) in [5, 5.41) is 12.2. The smallest absolute Gasteiger partial charge is 0.318 e. The number of carbonyl (C=O) groups excluding carboxylic acids is 1. The lowest BCUT2D eigenvalue weighted by Crippen LogP contribution is -2.51. The largest absolute Gasteiger partial charge is 0.481 e. The number of aliphatic carboxylic acids is 1. The molecule has 1 heterocycles. The molecule has 0 bridgehead atoms. The first kappa shape index (κ1) is 19.6. The van der Waals surface area contributed by atoms with Gasteiger partial charge in [-0.05, 0) is 56.2 Å². The number of hydrogen-bond donors (Lipinski definition) is 2. The number of rotatable bonds is 5. The molecule has 7 heteroatoms. The van der Waals surface area contributed by atoms with Gasteiger partial charge in [0.2, 0.25) is 0 Å². The average molecular weight is 378 g/mol. The van der Waals surface area contributed by atoms with Crippen molar-refractivity contribution in [2.75, 3.05) is 13.2 Å². The van der Waals surface area contributed by atoms with Crippen molar-refractivity contribution in [3.63, 3.8) is 0 Å². The molecule has 1 aromatic carbocycles. The summed E-state index contributed by atoms with van der Waals surface area (Å²) in [7, 11) is 0. The van der Waals surface area contributed by atoms with Gasteiger partial charge in [-0.2, -0.15) is 0 Å². The highest BCUT2D eigenvalue weighted by Gasteiger charge is 2.30. The normalized spacial score (nSPS) is 23.6. The molecule has 3 rings (SSSR count). The second-order valence-corrected chi connectivity index (χ2v) is 7.43. The van der Waals surface area contributed by atoms with Crippen molar-refractivity contribution in [1.82, 2.24) is 10.2 Å². The van der Waals surface area contributed by atoms with E-state index in [1.165, 1.54) is 12.1 Å². The summed E-state index contributed by atoms with van der Waals surface area (Å²) in [6.07, 6.45) is 4.10. The molecule has 0 spiro atoms. The van der Waals surface area contributed by atoms with E-state index in [1.807, 2.05) is 4.90 Å². The lowest BCUT2D eigenvalue weighted by atomic mass is 9.86. The lowest BCUT2D eigenvalue weighted by Gasteiger charge is -2.36. The van der Waals surface area contributed by atoms with Crippen LogP contribution in [0.25, 0.3) is 0 Å². The number of urea groups is 1. The predicted molar refractivity (Wildman–Crippen MR) is 97.7 cm³/mol. The molecule has 1 aliphatic heterocycles. The summed E-state index contributed by atoms with van der Waals surface area (Å²) in [5.74, 6) is -1.35. The highest BCUT2D eigenvalue weighted by Crippen LogP contribution is 2.25. The standard InChI is InChI=1S/C20H27FN2O4/c21-16-5-1-14(2-6-16)13-23(18-9-11-27-12-10-18)20(26)22-17-7-3-15(4-8-17)19(24)25/h1-2,5-6,15,17-18H,3-4,7-13H2,(H,22,26)(H,24,25). The van der Waals surface area contributed by atoms with Crippen LogP contribution in [0.15, 0.2) is 24.3 Å². The maximum absolute atomic E-state index is 13.2. The zero-order valence-electron chi connectivity index (χ0n) is 15.4. The maximum atomic E-state index is 13.2. The molecule has 2 fully saturated rings. The van der Waals surface area contributed by atoms with E-state index in [4.69, 9.17) is 9.84 Å². The first-order chi connectivity index (χ1) is 13.0. The van der Waals surface area contributed by atoms with Gasteiger partial charge in [0.05, 0.1) is 5.92 Å². The Kier molecular flexibility index (Phi) is 6.66. The summed E-state index contributed by atoms with van der Waals surface area (Å²) in [4.78, 5) is 25.9. The average Bonchev–Trinajstić information content (AvgIpc) is 2.68. The fourth-order valence-corrected chi connectivity index (χ4v) is 3.89. The Morgan fingerprint density at radius 1 is 1.07 bits per heavy atom. The van der Waals surface area contributed by atoms with Gasteiger partial charge in [-0.15, -0.1) is 0 Å². The van der Waals surface area contributed by atoms with Crippen molar-refractivity contribution in [3.8, 4) is 0 Å². The monoisotopic (exact) mass is 378 g/mol. The zero-order chi connectivity index (χ0) is 19.2. The number of carbonyl (C=O) groups is 2. The van der Waals surface area contributed by atoms with Gasteiger partial charge in [0.15, 0.2) is 0 Å². The third-order valence-electron chi connectivity index (χ3n) is 5.56. The Balaban J connectivity index is 1.63. The fraction of sp³-hybridized carbons (Fsp3) is 0.600. The minimum Gasteiger partial charge on any atom is -0.481 e. The van der Waals surface area contributed by atoms with Crippen molar-refractivity contribution in [1.29, 1.82) is 0 Å². The summed E-state index contributed by atoms with van der Waals surface area (Å²) >= 11 is 0. The van der Waals surface area contributed by atoms with Crippen LogP contribution < -0.4 is 5.32 Å². The number of amides is 2. The van der Waals surface area contributed by atoms with Crippen LogP contribution in [0.2, 0.25) is 0 Å². The van der Waals surface area contributed by atoms with Crippen molar-refractivity contribution in [3.05, 3.63) is 35.6 Å². The van der Waals surface area contributed by atoms with Crippen molar-refractivity contribution in [2.45, 2.75) is 57.2 Å². The van der Waals surface area contributed by atoms with Gasteiger partial charge in [-0.3, -0.25) is 4.79 Å². The molecule has 0 atom stereocenters. The quantitative estimate of drug-likeness (QED) is 0.825. The fourth-order valence-electron chi connectivity index (χ4n) is 3.89. The zero-order valence-corrected chi connectivity index (χ0v) is 15.4. The second-order valence-electron chi connectivity index (χ2n) is 7.43. The molecule has 0 aromatic heterocycles. The molecule has 2 aliphatic rings. The number of nitrogens with one attached hydrogen (secondary N) is 1. The van der Waals surface area contributed by atoms with Gasteiger partial charge < -0.3 is 20.1 Å². The maximum Gasteiger partial charge on any atom is 0.318 e. The molecular formula is C20H27FN2O4. The molecule has 1 saturated heterocycles. The van der Waals surface area contributed by atoms with Gasteiger partial charge in [0.1, 0.15) is 5.82 Å². The third kappa shape index (κ3) is 5.42. The van der Waals surface area contributed by atoms with Crippen LogP contribution >= 0.6 is 0 Å². The van der Waals surface area contributed by atoms with Crippen LogP contribution in [0.5, 0.6) is 0 Å². The van der Waals surface area contributed by atoms with Crippen molar-refractivity contribution >= 4 is 12.0 Å². The van der Waals surface area contributed by atoms with E-state index in [9.17, 15) is 14.0 Å². The van der Waals surface area contributed by atoms with Crippen LogP contribution in [0.3, 0.4) is 0 Å². The third-order valence-corrected chi connectivity index (χ3v) is 5.56. The van der Waals surface area contributed by atoms with Gasteiger partial charge in [-0.25, -0.2) is 9.18 Å². The van der Waals surface area contributed by atoms with E-state index in [-0.39, 0.29) is 29.8 Å². The Morgan fingerprint density at radius 2 is 1.70 bits per heavy atom. The van der Waals surface area contributed by atoms with E-state index in [0.717, 1.165) is 18.4 Å². The predicted octanol–water partition coefficient (Wildman–Crippen LogP) is 3.16. The van der Waals surface area contributed by atoms with Crippen LogP contribution in [-0.2, 0) is 16.1 Å². The number of carboxylic acids is 1. The van der Waals surface area contributed by atoms with Crippen molar-refractivity contribution in [2.24, 2.45) is 5.92 Å². The first-order valence-electron chi connectivity index (χ1n) is 9.65. The summed E-state index contributed by atoms with van der Waals surface area (Å²) in [6.45, 7) is 1.67. The molecular weight excluding hydrogens is 351 g/mol. The Hall–Kier alpha value is -2.15. The molecule has 27 heavy (non-hydrogen) atoms. The molecule has 1 aromatic rings. The Morgan fingerprint density at radius 3 is 2.30 bits per heavy atom. The molecule has 2 amide bonds. The van der Waals surface area contributed by atoms with Gasteiger partial charge in [0.25, 0.3) is 0 Å². The first-order valence-corrected chi connectivity index (χ1v) is 9.65. The second kappa shape index (κ2) is 9.17.